The lowest BCUT2D eigenvalue weighted by Crippen LogP contribution is -2.41. The smallest absolute Gasteiger partial charge is 0.261 e. The molecule has 0 bridgehead atoms. The zero-order chi connectivity index (χ0) is 28.7. The minimum Gasteiger partial charge on any atom is -0.366 e. The Morgan fingerprint density at radius 3 is 2.41 bits per heavy atom. The lowest BCUT2D eigenvalue weighted by atomic mass is 10.0. The first kappa shape index (κ1) is 27.0. The SMILES string of the molecule is NC(=O)c1ccc(-n2c(=O)c3c(n4ncc(CCc5ccccc5)c24)CN(C(=O)c2ccc(Br)c(Cl)c2)CC3)cc1. The van der Waals surface area contributed by atoms with Gasteiger partial charge in [-0.3, -0.25) is 19.0 Å². The molecule has 0 fully saturated rings. The van der Waals surface area contributed by atoms with Crippen molar-refractivity contribution in [1.82, 2.24) is 19.1 Å². The second kappa shape index (κ2) is 11.0. The summed E-state index contributed by atoms with van der Waals surface area (Å²) >= 11 is 9.62. The molecule has 3 heterocycles. The monoisotopic (exact) mass is 629 g/mol. The number of carbonyl (C=O) groups is 2. The molecule has 6 rings (SSSR count). The molecule has 2 amide bonds. The molecule has 41 heavy (non-hydrogen) atoms. The maximum atomic E-state index is 14.1. The van der Waals surface area contributed by atoms with Gasteiger partial charge in [-0.15, -0.1) is 0 Å². The summed E-state index contributed by atoms with van der Waals surface area (Å²) in [6.45, 7) is 0.609. The van der Waals surface area contributed by atoms with E-state index < -0.39 is 5.91 Å². The van der Waals surface area contributed by atoms with Crippen LogP contribution in [-0.4, -0.2) is 37.4 Å². The molecule has 0 unspecified atom stereocenters. The van der Waals surface area contributed by atoms with Gasteiger partial charge in [0.2, 0.25) is 5.91 Å². The van der Waals surface area contributed by atoms with Crippen LogP contribution in [-0.2, 0) is 25.8 Å². The minimum atomic E-state index is -0.538. The maximum Gasteiger partial charge on any atom is 0.261 e. The molecule has 2 aromatic heterocycles. The van der Waals surface area contributed by atoms with Gasteiger partial charge in [0.05, 0.1) is 29.1 Å². The van der Waals surface area contributed by atoms with Gasteiger partial charge in [0.25, 0.3) is 11.5 Å². The molecule has 8 nitrogen and oxygen atoms in total. The van der Waals surface area contributed by atoms with Gasteiger partial charge in [-0.05, 0) is 83.2 Å². The number of aromatic nitrogens is 3. The van der Waals surface area contributed by atoms with Crippen molar-refractivity contribution in [2.75, 3.05) is 6.54 Å². The Bertz CT molecular complexity index is 1870. The van der Waals surface area contributed by atoms with Gasteiger partial charge >= 0.3 is 0 Å². The Hall–Kier alpha value is -4.21. The van der Waals surface area contributed by atoms with E-state index in [0.717, 1.165) is 12.0 Å². The topological polar surface area (TPSA) is 103 Å². The Morgan fingerprint density at radius 1 is 0.976 bits per heavy atom. The van der Waals surface area contributed by atoms with Crippen molar-refractivity contribution in [3.63, 3.8) is 0 Å². The van der Waals surface area contributed by atoms with E-state index in [1.54, 1.807) is 62.6 Å². The number of benzene rings is 3. The van der Waals surface area contributed by atoms with Crippen LogP contribution >= 0.6 is 27.5 Å². The Balaban J connectivity index is 1.45. The number of rotatable bonds is 6. The van der Waals surface area contributed by atoms with Crippen LogP contribution < -0.4 is 11.3 Å². The lowest BCUT2D eigenvalue weighted by Gasteiger charge is -2.30. The van der Waals surface area contributed by atoms with Crippen molar-refractivity contribution in [2.24, 2.45) is 5.73 Å². The predicted octanol–water partition coefficient (Wildman–Crippen LogP) is 4.98. The summed E-state index contributed by atoms with van der Waals surface area (Å²) in [6, 6.07) is 21.9. The Labute approximate surface area is 249 Å². The summed E-state index contributed by atoms with van der Waals surface area (Å²) in [5, 5.41) is 5.18. The third kappa shape index (κ3) is 5.07. The van der Waals surface area contributed by atoms with Gasteiger partial charge in [0.1, 0.15) is 5.65 Å². The second-order valence-corrected chi connectivity index (χ2v) is 11.2. The molecule has 0 radical (unpaired) electrons. The van der Waals surface area contributed by atoms with Crippen LogP contribution in [0.25, 0.3) is 11.3 Å². The van der Waals surface area contributed by atoms with Crippen LogP contribution in [0.2, 0.25) is 5.02 Å². The van der Waals surface area contributed by atoms with Gasteiger partial charge in [-0.25, -0.2) is 4.52 Å². The largest absolute Gasteiger partial charge is 0.366 e. The molecule has 5 aromatic rings. The molecule has 0 spiro atoms. The van der Waals surface area contributed by atoms with Crippen LogP contribution in [0, 0.1) is 0 Å². The number of hydrogen-bond donors (Lipinski definition) is 1. The van der Waals surface area contributed by atoms with E-state index in [1.165, 1.54) is 5.56 Å². The van der Waals surface area contributed by atoms with Gasteiger partial charge < -0.3 is 10.6 Å². The Morgan fingerprint density at radius 2 is 1.71 bits per heavy atom. The molecule has 0 atom stereocenters. The van der Waals surface area contributed by atoms with Gasteiger partial charge in [0, 0.05) is 33.3 Å². The second-order valence-electron chi connectivity index (χ2n) is 9.97. The average Bonchev–Trinajstić information content (AvgIpc) is 3.41. The maximum absolute atomic E-state index is 14.1. The van der Waals surface area contributed by atoms with Gasteiger partial charge in [-0.2, -0.15) is 5.10 Å². The number of nitrogens with zero attached hydrogens (tertiary/aromatic N) is 4. The minimum absolute atomic E-state index is 0.166. The fourth-order valence-corrected chi connectivity index (χ4v) is 5.74. The van der Waals surface area contributed by atoms with E-state index in [-0.39, 0.29) is 18.0 Å². The third-order valence-electron chi connectivity index (χ3n) is 7.46. The summed E-state index contributed by atoms with van der Waals surface area (Å²) < 4.78 is 4.15. The van der Waals surface area contributed by atoms with Crippen LogP contribution in [0.1, 0.15) is 43.1 Å². The number of amides is 2. The molecule has 0 saturated heterocycles. The van der Waals surface area contributed by atoms with Crippen LogP contribution in [0.15, 0.2) is 88.3 Å². The molecule has 0 aliphatic carbocycles. The fraction of sp³-hybridized carbons (Fsp3) is 0.161. The summed E-state index contributed by atoms with van der Waals surface area (Å²) in [4.78, 5) is 40.9. The van der Waals surface area contributed by atoms with E-state index in [1.807, 2.05) is 18.2 Å². The zero-order valence-electron chi connectivity index (χ0n) is 21.9. The number of fused-ring (bicyclic) bond motifs is 3. The van der Waals surface area contributed by atoms with Crippen molar-refractivity contribution in [3.8, 4) is 5.69 Å². The number of primary amides is 1. The molecule has 10 heteroatoms. The van der Waals surface area contributed by atoms with Crippen molar-refractivity contribution in [1.29, 1.82) is 0 Å². The van der Waals surface area contributed by atoms with E-state index in [9.17, 15) is 14.4 Å². The van der Waals surface area contributed by atoms with E-state index in [4.69, 9.17) is 22.4 Å². The number of aryl methyl sites for hydroxylation is 2. The molecule has 206 valence electrons. The average molecular weight is 631 g/mol. The molecule has 3 aromatic carbocycles. The third-order valence-corrected chi connectivity index (χ3v) is 8.69. The summed E-state index contributed by atoms with van der Waals surface area (Å²) in [5.41, 5.74) is 10.7. The highest BCUT2D eigenvalue weighted by Crippen LogP contribution is 2.27. The first-order valence-electron chi connectivity index (χ1n) is 13.1. The lowest BCUT2D eigenvalue weighted by molar-refractivity contribution is 0.0729. The van der Waals surface area contributed by atoms with Crippen LogP contribution in [0.5, 0.6) is 0 Å². The fourth-order valence-electron chi connectivity index (χ4n) is 5.31. The van der Waals surface area contributed by atoms with E-state index in [2.05, 4.69) is 28.1 Å². The van der Waals surface area contributed by atoms with Crippen LogP contribution in [0.3, 0.4) is 0 Å². The van der Waals surface area contributed by atoms with Crippen molar-refractivity contribution >= 4 is 45.0 Å². The van der Waals surface area contributed by atoms with Crippen molar-refractivity contribution in [3.05, 3.63) is 132 Å². The zero-order valence-corrected chi connectivity index (χ0v) is 24.2. The number of carbonyl (C=O) groups excluding carboxylic acids is 2. The molecular formula is C31H25BrClN5O3. The van der Waals surface area contributed by atoms with Crippen molar-refractivity contribution < 1.29 is 9.59 Å². The highest BCUT2D eigenvalue weighted by Gasteiger charge is 2.29. The van der Waals surface area contributed by atoms with E-state index in [0.29, 0.717) is 62.6 Å². The molecule has 2 N–H and O–H groups in total. The number of halogens is 2. The quantitative estimate of drug-likeness (QED) is 0.286. The standard InChI is InChI=1S/C31H25BrClN5O3/c32-25-13-10-21(16-26(25)33)30(40)36-15-14-24-27(18-36)38-29(22(17-35-38)7-6-19-4-2-1-3-5-19)37(31(24)41)23-11-8-20(9-12-23)28(34)39/h1-5,8-13,16-17H,6-7,14-15,18H2,(H2,34,39). The molecular weight excluding hydrogens is 606 g/mol. The summed E-state index contributed by atoms with van der Waals surface area (Å²) in [7, 11) is 0. The normalized spacial score (nSPS) is 12.9. The number of hydrogen-bond acceptors (Lipinski definition) is 4. The molecule has 1 aliphatic rings. The first-order valence-corrected chi connectivity index (χ1v) is 14.3. The number of nitrogens with two attached hydrogens (primary N) is 1. The predicted molar refractivity (Wildman–Crippen MR) is 161 cm³/mol. The summed E-state index contributed by atoms with van der Waals surface area (Å²) in [5.74, 6) is -0.704. The highest BCUT2D eigenvalue weighted by atomic mass is 79.9. The van der Waals surface area contributed by atoms with Crippen molar-refractivity contribution in [2.45, 2.75) is 25.8 Å². The summed E-state index contributed by atoms with van der Waals surface area (Å²) in [6.07, 6.45) is 3.59. The van der Waals surface area contributed by atoms with Crippen LogP contribution in [0.4, 0.5) is 0 Å². The molecule has 1 aliphatic heterocycles. The van der Waals surface area contributed by atoms with E-state index >= 15 is 0 Å². The first-order chi connectivity index (χ1) is 19.8. The van der Waals surface area contributed by atoms with Gasteiger partial charge in [0.15, 0.2) is 0 Å². The molecule has 0 saturated carbocycles. The Kier molecular flexibility index (Phi) is 7.23. The highest BCUT2D eigenvalue weighted by molar-refractivity contribution is 9.10. The van der Waals surface area contributed by atoms with Gasteiger partial charge in [-0.1, -0.05) is 41.9 Å².